The maximum Gasteiger partial charge on any atom is 0.253 e. The van der Waals surface area contributed by atoms with Crippen molar-refractivity contribution in [2.24, 2.45) is 5.41 Å². The van der Waals surface area contributed by atoms with E-state index in [2.05, 4.69) is 19.2 Å². The fourth-order valence-electron chi connectivity index (χ4n) is 3.26. The van der Waals surface area contributed by atoms with Crippen molar-refractivity contribution in [3.8, 4) is 0 Å². The molecule has 1 saturated heterocycles. The zero-order valence-electron chi connectivity index (χ0n) is 13.0. The van der Waals surface area contributed by atoms with Gasteiger partial charge in [-0.2, -0.15) is 0 Å². The van der Waals surface area contributed by atoms with Crippen LogP contribution in [0.3, 0.4) is 0 Å². The lowest BCUT2D eigenvalue weighted by Gasteiger charge is -2.44. The van der Waals surface area contributed by atoms with Gasteiger partial charge in [0.1, 0.15) is 11.6 Å². The molecule has 1 heterocycles. The molecule has 3 unspecified atom stereocenters. The highest BCUT2D eigenvalue weighted by molar-refractivity contribution is 6.00. The van der Waals surface area contributed by atoms with Gasteiger partial charge in [-0.15, -0.1) is 0 Å². The largest absolute Gasteiger partial charge is 0.336 e. The zero-order valence-corrected chi connectivity index (χ0v) is 13.0. The van der Waals surface area contributed by atoms with Crippen LogP contribution < -0.4 is 5.32 Å². The summed E-state index contributed by atoms with van der Waals surface area (Å²) in [5.74, 6) is -0.0833. The van der Waals surface area contributed by atoms with Crippen LogP contribution in [0.1, 0.15) is 39.7 Å². The van der Waals surface area contributed by atoms with Crippen LogP contribution in [0.5, 0.6) is 0 Å². The van der Waals surface area contributed by atoms with E-state index < -0.39 is 11.6 Å². The number of nitrogens with zero attached hydrogens (tertiary/aromatic N) is 1. The molecule has 1 aliphatic heterocycles. The zero-order chi connectivity index (χ0) is 15.4. The quantitative estimate of drug-likeness (QED) is 0.904. The predicted octanol–water partition coefficient (Wildman–Crippen LogP) is 2.05. The first-order valence-electron chi connectivity index (χ1n) is 7.48. The minimum atomic E-state index is -0.969. The van der Waals surface area contributed by atoms with Gasteiger partial charge < -0.3 is 10.2 Å². The number of hydrogen-bond acceptors (Lipinski definition) is 2. The highest BCUT2D eigenvalue weighted by Crippen LogP contribution is 2.50. The Labute approximate surface area is 125 Å². The third-order valence-corrected chi connectivity index (χ3v) is 4.98. The van der Waals surface area contributed by atoms with E-state index in [1.54, 1.807) is 11.8 Å². The SMILES string of the molecule is CC1C(=O)NC(C)(c2ccccc2)C(=O)N1C1CC1(C)C. The number of rotatable bonds is 2. The van der Waals surface area contributed by atoms with E-state index in [1.807, 2.05) is 37.3 Å². The van der Waals surface area contributed by atoms with Crippen LogP contribution >= 0.6 is 0 Å². The van der Waals surface area contributed by atoms with Crippen LogP contribution in [0, 0.1) is 5.41 Å². The van der Waals surface area contributed by atoms with Crippen molar-refractivity contribution in [2.45, 2.75) is 51.7 Å². The third kappa shape index (κ3) is 2.04. The van der Waals surface area contributed by atoms with Gasteiger partial charge in [-0.25, -0.2) is 0 Å². The Hall–Kier alpha value is -1.84. The molecule has 112 valence electrons. The van der Waals surface area contributed by atoms with Crippen molar-refractivity contribution < 1.29 is 9.59 Å². The molecule has 4 heteroatoms. The highest BCUT2D eigenvalue weighted by atomic mass is 16.2. The van der Waals surface area contributed by atoms with Gasteiger partial charge in [-0.05, 0) is 31.2 Å². The first kappa shape index (κ1) is 14.1. The molecule has 3 atom stereocenters. The lowest BCUT2D eigenvalue weighted by molar-refractivity contribution is -0.155. The lowest BCUT2D eigenvalue weighted by atomic mass is 9.86. The summed E-state index contributed by atoms with van der Waals surface area (Å²) < 4.78 is 0. The molecule has 1 N–H and O–H groups in total. The number of hydrogen-bond donors (Lipinski definition) is 1. The normalized spacial score (nSPS) is 34.6. The monoisotopic (exact) mass is 286 g/mol. The van der Waals surface area contributed by atoms with Gasteiger partial charge in [0.15, 0.2) is 0 Å². The minimum absolute atomic E-state index is 0.00336. The van der Waals surface area contributed by atoms with Gasteiger partial charge in [0, 0.05) is 6.04 Å². The molecule has 21 heavy (non-hydrogen) atoms. The van der Waals surface area contributed by atoms with E-state index >= 15 is 0 Å². The smallest absolute Gasteiger partial charge is 0.253 e. The number of carbonyl (C=O) groups is 2. The second-order valence-corrected chi connectivity index (χ2v) is 7.08. The van der Waals surface area contributed by atoms with E-state index in [4.69, 9.17) is 0 Å². The first-order chi connectivity index (χ1) is 9.77. The van der Waals surface area contributed by atoms with Crippen molar-refractivity contribution in [2.75, 3.05) is 0 Å². The summed E-state index contributed by atoms with van der Waals surface area (Å²) in [5, 5.41) is 2.92. The third-order valence-electron chi connectivity index (χ3n) is 4.98. The molecule has 0 aromatic heterocycles. The second-order valence-electron chi connectivity index (χ2n) is 7.08. The second kappa shape index (κ2) is 4.33. The Balaban J connectivity index is 2.00. The van der Waals surface area contributed by atoms with Crippen molar-refractivity contribution >= 4 is 11.8 Å². The molecular weight excluding hydrogens is 264 g/mol. The van der Waals surface area contributed by atoms with Gasteiger partial charge >= 0.3 is 0 Å². The van der Waals surface area contributed by atoms with Gasteiger partial charge in [0.05, 0.1) is 0 Å². The minimum Gasteiger partial charge on any atom is -0.336 e. The maximum absolute atomic E-state index is 13.1. The standard InChI is InChI=1S/C17H22N2O2/c1-11-14(20)18-17(4,12-8-6-5-7-9-12)15(21)19(11)13-10-16(13,2)3/h5-9,11,13H,10H2,1-4H3,(H,18,20). The van der Waals surface area contributed by atoms with Crippen molar-refractivity contribution in [1.82, 2.24) is 10.2 Å². The van der Waals surface area contributed by atoms with Gasteiger partial charge in [0.2, 0.25) is 5.91 Å². The van der Waals surface area contributed by atoms with E-state index in [0.29, 0.717) is 0 Å². The van der Waals surface area contributed by atoms with Crippen LogP contribution in [-0.2, 0) is 15.1 Å². The summed E-state index contributed by atoms with van der Waals surface area (Å²) in [6.45, 7) is 7.90. The molecule has 3 rings (SSSR count). The molecule has 1 saturated carbocycles. The summed E-state index contributed by atoms with van der Waals surface area (Å²) >= 11 is 0. The number of amides is 2. The topological polar surface area (TPSA) is 49.4 Å². The van der Waals surface area contributed by atoms with E-state index in [-0.39, 0.29) is 23.3 Å². The summed E-state index contributed by atoms with van der Waals surface area (Å²) in [7, 11) is 0. The van der Waals surface area contributed by atoms with Gasteiger partial charge in [0.25, 0.3) is 5.91 Å². The Morgan fingerprint density at radius 1 is 1.14 bits per heavy atom. The Morgan fingerprint density at radius 2 is 1.71 bits per heavy atom. The molecule has 4 nitrogen and oxygen atoms in total. The Bertz CT molecular complexity index is 596. The molecule has 2 fully saturated rings. The van der Waals surface area contributed by atoms with Crippen molar-refractivity contribution in [3.05, 3.63) is 35.9 Å². The average molecular weight is 286 g/mol. The van der Waals surface area contributed by atoms with E-state index in [0.717, 1.165) is 12.0 Å². The molecule has 1 aromatic carbocycles. The average Bonchev–Trinajstić information content (AvgIpc) is 3.06. The van der Waals surface area contributed by atoms with E-state index in [1.165, 1.54) is 0 Å². The summed E-state index contributed by atoms with van der Waals surface area (Å²) in [4.78, 5) is 27.3. The molecule has 0 bridgehead atoms. The number of nitrogens with one attached hydrogen (secondary N) is 1. The number of carbonyl (C=O) groups excluding carboxylic acids is 2. The van der Waals surface area contributed by atoms with Crippen LogP contribution in [0.4, 0.5) is 0 Å². The van der Waals surface area contributed by atoms with Gasteiger partial charge in [-0.1, -0.05) is 44.2 Å². The maximum atomic E-state index is 13.1. The first-order valence-corrected chi connectivity index (χ1v) is 7.48. The fourth-order valence-corrected chi connectivity index (χ4v) is 3.26. The fraction of sp³-hybridized carbons (Fsp3) is 0.529. The summed E-state index contributed by atoms with van der Waals surface area (Å²) in [6, 6.07) is 9.24. The van der Waals surface area contributed by atoms with Crippen LogP contribution in [0.2, 0.25) is 0 Å². The highest BCUT2D eigenvalue weighted by Gasteiger charge is 2.58. The van der Waals surface area contributed by atoms with Crippen molar-refractivity contribution in [1.29, 1.82) is 0 Å². The van der Waals surface area contributed by atoms with Crippen molar-refractivity contribution in [3.63, 3.8) is 0 Å². The summed E-state index contributed by atoms with van der Waals surface area (Å²) in [6.07, 6.45) is 0.960. The molecule has 2 aliphatic rings. The lowest BCUT2D eigenvalue weighted by Crippen LogP contribution is -2.67. The number of piperazine rings is 1. The molecule has 1 aromatic rings. The summed E-state index contributed by atoms with van der Waals surface area (Å²) in [5.41, 5.74) is -0.0263. The predicted molar refractivity (Wildman–Crippen MR) is 80.4 cm³/mol. The molecule has 1 aliphatic carbocycles. The molecule has 0 spiro atoms. The Kier molecular flexibility index (Phi) is 2.91. The number of benzene rings is 1. The molecule has 2 amide bonds. The van der Waals surface area contributed by atoms with Gasteiger partial charge in [-0.3, -0.25) is 9.59 Å². The van der Waals surface area contributed by atoms with Crippen LogP contribution in [-0.4, -0.2) is 28.8 Å². The Morgan fingerprint density at radius 3 is 2.24 bits per heavy atom. The van der Waals surface area contributed by atoms with E-state index in [9.17, 15) is 9.59 Å². The molecule has 0 radical (unpaired) electrons. The molecular formula is C17H22N2O2. The van der Waals surface area contributed by atoms with Crippen LogP contribution in [0.15, 0.2) is 30.3 Å². The van der Waals surface area contributed by atoms with Crippen LogP contribution in [0.25, 0.3) is 0 Å².